The van der Waals surface area contributed by atoms with Crippen molar-refractivity contribution in [3.8, 4) is 11.4 Å². The number of aromatic nitrogens is 1. The predicted molar refractivity (Wildman–Crippen MR) is 150 cm³/mol. The standard InChI is InChI=1S/C27H22F3N5O2S2/c1-16-13-18(17(2)34(16)20-8-6-7-19(15-20)27(28,29)30)14-22-23(31)35-25(32-24(22)36)39-26(33-35)38-12-11-37-21-9-4-3-5-10-21/h3-10,13-15,31H,11-12H2,1-2H3/b22-14+,31-23?. The number of hydrazone groups is 1. The highest BCUT2D eigenvalue weighted by atomic mass is 32.2. The van der Waals surface area contributed by atoms with E-state index in [4.69, 9.17) is 10.1 Å². The van der Waals surface area contributed by atoms with Crippen LogP contribution in [0.3, 0.4) is 0 Å². The summed E-state index contributed by atoms with van der Waals surface area (Å²) in [7, 11) is 0. The average molecular weight is 570 g/mol. The fourth-order valence-corrected chi connectivity index (χ4v) is 5.96. The molecule has 1 amide bonds. The molecule has 0 aliphatic carbocycles. The van der Waals surface area contributed by atoms with Gasteiger partial charge in [0.1, 0.15) is 5.75 Å². The number of hydrogen-bond donors (Lipinski definition) is 1. The molecular weight excluding hydrogens is 547 g/mol. The highest BCUT2D eigenvalue weighted by Gasteiger charge is 2.36. The molecule has 0 radical (unpaired) electrons. The smallest absolute Gasteiger partial charge is 0.416 e. The Morgan fingerprint density at radius 1 is 1.10 bits per heavy atom. The number of amides is 1. The second kappa shape index (κ2) is 10.8. The summed E-state index contributed by atoms with van der Waals surface area (Å²) in [5.41, 5.74) is 1.56. The third kappa shape index (κ3) is 5.66. The zero-order valence-electron chi connectivity index (χ0n) is 20.8. The van der Waals surface area contributed by atoms with Crippen LogP contribution in [-0.4, -0.2) is 43.2 Å². The minimum Gasteiger partial charge on any atom is -0.493 e. The first-order valence-corrected chi connectivity index (χ1v) is 13.6. The van der Waals surface area contributed by atoms with Gasteiger partial charge >= 0.3 is 6.18 Å². The second-order valence-electron chi connectivity index (χ2n) is 8.61. The number of carbonyl (C=O) groups excluding carboxylic acids is 1. The van der Waals surface area contributed by atoms with Gasteiger partial charge in [0.15, 0.2) is 10.2 Å². The van der Waals surface area contributed by atoms with Gasteiger partial charge in [0.2, 0.25) is 5.17 Å². The molecular formula is C27H22F3N5O2S2. The zero-order valence-corrected chi connectivity index (χ0v) is 22.5. The van der Waals surface area contributed by atoms with Gasteiger partial charge in [-0.1, -0.05) is 36.0 Å². The van der Waals surface area contributed by atoms with Gasteiger partial charge in [0, 0.05) is 22.8 Å². The molecule has 0 unspecified atom stereocenters. The minimum atomic E-state index is -4.46. The normalized spacial score (nSPS) is 16.4. The van der Waals surface area contributed by atoms with Crippen LogP contribution in [0.4, 0.5) is 13.2 Å². The van der Waals surface area contributed by atoms with Crippen LogP contribution in [0.15, 0.2) is 76.3 Å². The highest BCUT2D eigenvalue weighted by molar-refractivity contribution is 8.45. The van der Waals surface area contributed by atoms with Gasteiger partial charge in [-0.3, -0.25) is 10.2 Å². The molecule has 2 aromatic carbocycles. The van der Waals surface area contributed by atoms with Crippen molar-refractivity contribution in [3.63, 3.8) is 0 Å². The summed E-state index contributed by atoms with van der Waals surface area (Å²) < 4.78 is 47.8. The Morgan fingerprint density at radius 3 is 2.62 bits per heavy atom. The Balaban J connectivity index is 1.33. The van der Waals surface area contributed by atoms with Crippen LogP contribution in [0.25, 0.3) is 11.8 Å². The van der Waals surface area contributed by atoms with Crippen molar-refractivity contribution in [1.82, 2.24) is 9.58 Å². The van der Waals surface area contributed by atoms with Crippen molar-refractivity contribution < 1.29 is 22.7 Å². The number of ether oxygens (including phenoxy) is 1. The van der Waals surface area contributed by atoms with E-state index >= 15 is 0 Å². The van der Waals surface area contributed by atoms with E-state index in [1.165, 1.54) is 40.7 Å². The first-order valence-electron chi connectivity index (χ1n) is 11.8. The van der Waals surface area contributed by atoms with E-state index in [0.717, 1.165) is 17.9 Å². The van der Waals surface area contributed by atoms with Gasteiger partial charge in [0.25, 0.3) is 5.91 Å². The number of aliphatic imine (C=N–C) groups is 1. The third-order valence-corrected chi connectivity index (χ3v) is 7.96. The molecule has 2 aliphatic heterocycles. The summed E-state index contributed by atoms with van der Waals surface area (Å²) in [6.07, 6.45) is -2.92. The van der Waals surface area contributed by atoms with Crippen LogP contribution < -0.4 is 4.74 Å². The summed E-state index contributed by atoms with van der Waals surface area (Å²) in [6, 6.07) is 16.3. The quantitative estimate of drug-likeness (QED) is 0.271. The SMILES string of the molecule is Cc1cc(/C=C2\C(=N)N3N=C(SCCOc4ccccc4)SC3=NC2=O)c(C)n1-c1cccc(C(F)(F)F)c1. The lowest BCUT2D eigenvalue weighted by molar-refractivity contribution is -0.137. The van der Waals surface area contributed by atoms with Crippen LogP contribution in [-0.2, 0) is 11.0 Å². The van der Waals surface area contributed by atoms with Crippen molar-refractivity contribution in [2.24, 2.45) is 10.1 Å². The largest absolute Gasteiger partial charge is 0.493 e. The molecule has 2 aliphatic rings. The summed E-state index contributed by atoms with van der Waals surface area (Å²) in [5, 5.41) is 14.7. The fourth-order valence-electron chi connectivity index (χ4n) is 4.15. The number of benzene rings is 2. The van der Waals surface area contributed by atoms with Crippen LogP contribution in [0.5, 0.6) is 5.75 Å². The van der Waals surface area contributed by atoms with E-state index in [1.807, 2.05) is 30.3 Å². The van der Waals surface area contributed by atoms with Crippen LogP contribution >= 0.6 is 23.5 Å². The third-order valence-electron chi connectivity index (χ3n) is 5.96. The van der Waals surface area contributed by atoms with Crippen LogP contribution in [0, 0.1) is 19.3 Å². The number of para-hydroxylation sites is 1. The van der Waals surface area contributed by atoms with Crippen LogP contribution in [0.1, 0.15) is 22.5 Å². The molecule has 1 aromatic heterocycles. The maximum Gasteiger partial charge on any atom is 0.416 e. The van der Waals surface area contributed by atoms with Gasteiger partial charge in [-0.15, -0.1) is 5.10 Å². The number of rotatable bonds is 6. The van der Waals surface area contributed by atoms with E-state index in [0.29, 0.717) is 44.5 Å². The monoisotopic (exact) mass is 569 g/mol. The second-order valence-corrected chi connectivity index (χ2v) is 10.9. The summed E-state index contributed by atoms with van der Waals surface area (Å²) in [6.45, 7) is 3.98. The topological polar surface area (TPSA) is 83.0 Å². The number of alkyl halides is 3. The lowest BCUT2D eigenvalue weighted by Crippen LogP contribution is -2.35. The lowest BCUT2D eigenvalue weighted by Gasteiger charge is -2.20. The highest BCUT2D eigenvalue weighted by Crippen LogP contribution is 2.34. The number of carbonyl (C=O) groups is 1. The molecule has 12 heteroatoms. The van der Waals surface area contributed by atoms with Crippen molar-refractivity contribution in [1.29, 1.82) is 5.41 Å². The molecule has 0 atom stereocenters. The molecule has 200 valence electrons. The van der Waals surface area contributed by atoms with E-state index in [9.17, 15) is 18.0 Å². The first kappa shape index (κ1) is 26.8. The number of hydrogen-bond acceptors (Lipinski definition) is 6. The van der Waals surface area contributed by atoms with Crippen molar-refractivity contribution in [2.75, 3.05) is 12.4 Å². The predicted octanol–water partition coefficient (Wildman–Crippen LogP) is 6.50. The molecule has 5 rings (SSSR count). The fraction of sp³-hybridized carbons (Fsp3) is 0.185. The molecule has 0 saturated heterocycles. The maximum absolute atomic E-state index is 13.3. The summed E-state index contributed by atoms with van der Waals surface area (Å²) >= 11 is 2.66. The molecule has 7 nitrogen and oxygen atoms in total. The van der Waals surface area contributed by atoms with Crippen molar-refractivity contribution in [3.05, 3.63) is 88.8 Å². The Morgan fingerprint density at radius 2 is 1.87 bits per heavy atom. The molecule has 39 heavy (non-hydrogen) atoms. The Hall–Kier alpha value is -3.77. The maximum atomic E-state index is 13.3. The van der Waals surface area contributed by atoms with E-state index in [-0.39, 0.29) is 11.4 Å². The summed E-state index contributed by atoms with van der Waals surface area (Å²) in [4.78, 5) is 17.0. The molecule has 0 bridgehead atoms. The van der Waals surface area contributed by atoms with Crippen LogP contribution in [0.2, 0.25) is 0 Å². The van der Waals surface area contributed by atoms with E-state index < -0.39 is 17.6 Å². The Kier molecular flexibility index (Phi) is 7.41. The number of aryl methyl sites for hydroxylation is 1. The van der Waals surface area contributed by atoms with Crippen molar-refractivity contribution in [2.45, 2.75) is 20.0 Å². The number of thioether (sulfide) groups is 2. The molecule has 3 aromatic rings. The van der Waals surface area contributed by atoms with Gasteiger partial charge in [0.05, 0.1) is 17.7 Å². The minimum absolute atomic E-state index is 0.0473. The number of nitrogens with zero attached hydrogens (tertiary/aromatic N) is 4. The first-order chi connectivity index (χ1) is 18.6. The Labute approximate surface area is 231 Å². The molecule has 0 fully saturated rings. The molecule has 0 spiro atoms. The van der Waals surface area contributed by atoms with Gasteiger partial charge < -0.3 is 9.30 Å². The lowest BCUT2D eigenvalue weighted by atomic mass is 10.1. The average Bonchev–Trinajstić information content (AvgIpc) is 3.44. The number of nitrogens with one attached hydrogen (secondary N) is 1. The zero-order chi connectivity index (χ0) is 27.7. The van der Waals surface area contributed by atoms with E-state index in [1.54, 1.807) is 30.5 Å². The molecule has 0 saturated carbocycles. The van der Waals surface area contributed by atoms with E-state index in [2.05, 4.69) is 10.1 Å². The van der Waals surface area contributed by atoms with Gasteiger partial charge in [-0.05, 0) is 73.6 Å². The number of fused-ring (bicyclic) bond motifs is 1. The Bertz CT molecular complexity index is 1540. The number of halogens is 3. The van der Waals surface area contributed by atoms with Gasteiger partial charge in [-0.2, -0.15) is 23.2 Å². The van der Waals surface area contributed by atoms with Gasteiger partial charge in [-0.25, -0.2) is 0 Å². The van der Waals surface area contributed by atoms with Crippen molar-refractivity contribution >= 4 is 50.9 Å². The molecule has 3 heterocycles. The number of amidine groups is 2. The molecule has 1 N–H and O–H groups in total. The summed E-state index contributed by atoms with van der Waals surface area (Å²) in [5.74, 6) is 0.706.